The van der Waals surface area contributed by atoms with Crippen molar-refractivity contribution >= 4 is 28.8 Å². The van der Waals surface area contributed by atoms with Gasteiger partial charge in [-0.3, -0.25) is 9.59 Å². The lowest BCUT2D eigenvalue weighted by Crippen LogP contribution is -2.42. The number of amides is 2. The minimum absolute atomic E-state index is 0.0177. The van der Waals surface area contributed by atoms with Gasteiger partial charge in [-0.1, -0.05) is 0 Å². The quantitative estimate of drug-likeness (QED) is 0.780. The van der Waals surface area contributed by atoms with Crippen molar-refractivity contribution in [2.75, 3.05) is 31.2 Å². The molecule has 4 heterocycles. The van der Waals surface area contributed by atoms with E-state index >= 15 is 0 Å². The number of benzene rings is 1. The van der Waals surface area contributed by atoms with E-state index < -0.39 is 0 Å². The molecule has 7 heteroatoms. The van der Waals surface area contributed by atoms with Crippen LogP contribution in [0.25, 0.3) is 0 Å². The Labute approximate surface area is 167 Å². The Hall–Kier alpha value is -2.54. The molecule has 0 radical (unpaired) electrons. The highest BCUT2D eigenvalue weighted by Gasteiger charge is 2.40. The highest BCUT2D eigenvalue weighted by atomic mass is 32.1. The minimum Gasteiger partial charge on any atom is -0.486 e. The van der Waals surface area contributed by atoms with E-state index in [1.54, 1.807) is 16.2 Å². The van der Waals surface area contributed by atoms with Crippen LogP contribution in [0.4, 0.5) is 5.69 Å². The van der Waals surface area contributed by atoms with Gasteiger partial charge in [-0.05, 0) is 42.5 Å². The first-order chi connectivity index (χ1) is 13.6. The van der Waals surface area contributed by atoms with Crippen molar-refractivity contribution in [1.82, 2.24) is 4.90 Å². The van der Waals surface area contributed by atoms with Crippen LogP contribution in [0.1, 0.15) is 29.8 Å². The van der Waals surface area contributed by atoms with Crippen LogP contribution in [0.5, 0.6) is 11.5 Å². The highest BCUT2D eigenvalue weighted by Crippen LogP contribution is 2.38. The van der Waals surface area contributed by atoms with Gasteiger partial charge in [0.2, 0.25) is 11.8 Å². The van der Waals surface area contributed by atoms with Crippen LogP contribution < -0.4 is 14.4 Å². The summed E-state index contributed by atoms with van der Waals surface area (Å²) in [4.78, 5) is 30.9. The Balaban J connectivity index is 1.33. The third-order valence-corrected chi connectivity index (χ3v) is 6.87. The maximum Gasteiger partial charge on any atom is 0.228 e. The van der Waals surface area contributed by atoms with Gasteiger partial charge in [-0.15, -0.1) is 11.3 Å². The summed E-state index contributed by atoms with van der Waals surface area (Å²) in [5, 5.41) is 2.10. The van der Waals surface area contributed by atoms with Gasteiger partial charge < -0.3 is 19.3 Å². The molecule has 2 aromatic rings. The molecule has 0 bridgehead atoms. The van der Waals surface area contributed by atoms with Gasteiger partial charge in [0.1, 0.15) is 13.2 Å². The Morgan fingerprint density at radius 2 is 2.00 bits per heavy atom. The molecule has 1 fully saturated rings. The smallest absolute Gasteiger partial charge is 0.228 e. The monoisotopic (exact) mass is 398 g/mol. The predicted octanol–water partition coefficient (Wildman–Crippen LogP) is 3.02. The van der Waals surface area contributed by atoms with E-state index in [1.807, 2.05) is 23.1 Å². The molecular formula is C21H22N2O4S. The number of anilines is 1. The van der Waals surface area contributed by atoms with Crippen molar-refractivity contribution in [2.24, 2.45) is 5.92 Å². The Morgan fingerprint density at radius 1 is 1.18 bits per heavy atom. The number of carbonyl (C=O) groups excluding carboxylic acids is 2. The van der Waals surface area contributed by atoms with E-state index in [9.17, 15) is 9.59 Å². The average molecular weight is 398 g/mol. The van der Waals surface area contributed by atoms with E-state index in [1.165, 1.54) is 10.4 Å². The minimum atomic E-state index is -0.302. The molecular weight excluding hydrogens is 376 g/mol. The summed E-state index contributed by atoms with van der Waals surface area (Å²) in [6.45, 7) is 4.26. The number of hydrogen-bond acceptors (Lipinski definition) is 5. The van der Waals surface area contributed by atoms with Gasteiger partial charge in [0, 0.05) is 36.1 Å². The maximum absolute atomic E-state index is 13.2. The lowest BCUT2D eigenvalue weighted by Gasteiger charge is -2.35. The molecule has 2 amide bonds. The molecule has 0 N–H and O–H groups in total. The van der Waals surface area contributed by atoms with Crippen LogP contribution in [0.2, 0.25) is 0 Å². The van der Waals surface area contributed by atoms with Crippen molar-refractivity contribution in [3.8, 4) is 11.5 Å². The van der Waals surface area contributed by atoms with E-state index in [0.29, 0.717) is 31.3 Å². The zero-order valence-corrected chi connectivity index (χ0v) is 16.5. The van der Waals surface area contributed by atoms with Crippen LogP contribution in [0, 0.1) is 5.92 Å². The maximum atomic E-state index is 13.2. The van der Waals surface area contributed by atoms with Crippen LogP contribution in [-0.4, -0.2) is 43.0 Å². The lowest BCUT2D eigenvalue weighted by molar-refractivity contribution is -0.138. The fraction of sp³-hybridized carbons (Fsp3) is 0.429. The molecule has 3 aliphatic heterocycles. The first kappa shape index (κ1) is 17.6. The SMILES string of the molecule is C[C@H]1c2ccsc2CCN1C(=O)[C@@H]1CC(=O)N(c2ccc3c(c2)OCCO3)C1. The van der Waals surface area contributed by atoms with E-state index in [2.05, 4.69) is 18.4 Å². The summed E-state index contributed by atoms with van der Waals surface area (Å²) in [7, 11) is 0. The molecule has 6 nitrogen and oxygen atoms in total. The van der Waals surface area contributed by atoms with Gasteiger partial charge in [0.05, 0.1) is 12.0 Å². The summed E-state index contributed by atoms with van der Waals surface area (Å²) in [6, 6.07) is 7.71. The molecule has 5 rings (SSSR count). The fourth-order valence-electron chi connectivity index (χ4n) is 4.37. The fourth-order valence-corrected chi connectivity index (χ4v) is 5.33. The predicted molar refractivity (Wildman–Crippen MR) is 106 cm³/mol. The number of ether oxygens (including phenoxy) is 2. The van der Waals surface area contributed by atoms with Crippen molar-refractivity contribution in [2.45, 2.75) is 25.8 Å². The Kier molecular flexibility index (Phi) is 4.27. The third-order valence-electron chi connectivity index (χ3n) is 5.87. The van der Waals surface area contributed by atoms with Gasteiger partial charge in [0.15, 0.2) is 11.5 Å². The van der Waals surface area contributed by atoms with E-state index in [-0.39, 0.29) is 30.2 Å². The topological polar surface area (TPSA) is 59.1 Å². The molecule has 1 saturated heterocycles. The number of rotatable bonds is 2. The molecule has 0 spiro atoms. The van der Waals surface area contributed by atoms with Crippen LogP contribution in [0.3, 0.4) is 0 Å². The first-order valence-electron chi connectivity index (χ1n) is 9.68. The van der Waals surface area contributed by atoms with Gasteiger partial charge in [-0.2, -0.15) is 0 Å². The van der Waals surface area contributed by atoms with Gasteiger partial charge >= 0.3 is 0 Å². The average Bonchev–Trinajstić information content (AvgIpc) is 3.34. The van der Waals surface area contributed by atoms with E-state index in [4.69, 9.17) is 9.47 Å². The Morgan fingerprint density at radius 3 is 2.86 bits per heavy atom. The molecule has 2 atom stereocenters. The largest absolute Gasteiger partial charge is 0.486 e. The lowest BCUT2D eigenvalue weighted by atomic mass is 9.98. The molecule has 1 aromatic carbocycles. The number of nitrogens with zero attached hydrogens (tertiary/aromatic N) is 2. The summed E-state index contributed by atoms with van der Waals surface area (Å²) in [5.41, 5.74) is 2.01. The highest BCUT2D eigenvalue weighted by molar-refractivity contribution is 7.10. The standard InChI is InChI=1S/C21H22N2O4S/c1-13-16-5-9-28-19(16)4-6-22(13)21(25)14-10-20(24)23(12-14)15-2-3-17-18(11-15)27-8-7-26-17/h2-3,5,9,11,13-14H,4,6-8,10,12H2,1H3/t13-,14+/m0/s1. The molecule has 0 unspecified atom stereocenters. The summed E-state index contributed by atoms with van der Waals surface area (Å²) in [5.74, 6) is 1.11. The summed E-state index contributed by atoms with van der Waals surface area (Å²) >= 11 is 1.76. The van der Waals surface area contributed by atoms with Crippen LogP contribution >= 0.6 is 11.3 Å². The van der Waals surface area contributed by atoms with Crippen LogP contribution in [0.15, 0.2) is 29.6 Å². The number of hydrogen-bond donors (Lipinski definition) is 0. The molecule has 28 heavy (non-hydrogen) atoms. The normalized spacial score (nSPS) is 23.7. The second-order valence-corrected chi connectivity index (χ2v) is 8.49. The van der Waals surface area contributed by atoms with Crippen LogP contribution in [-0.2, 0) is 16.0 Å². The Bertz CT molecular complexity index is 940. The second-order valence-electron chi connectivity index (χ2n) is 7.49. The number of carbonyl (C=O) groups is 2. The molecule has 3 aliphatic rings. The number of fused-ring (bicyclic) bond motifs is 2. The van der Waals surface area contributed by atoms with Gasteiger partial charge in [0.25, 0.3) is 0 Å². The second kappa shape index (κ2) is 6.81. The number of thiophene rings is 1. The van der Waals surface area contributed by atoms with E-state index in [0.717, 1.165) is 18.7 Å². The van der Waals surface area contributed by atoms with Crippen molar-refractivity contribution in [1.29, 1.82) is 0 Å². The van der Waals surface area contributed by atoms with Crippen molar-refractivity contribution in [3.05, 3.63) is 40.1 Å². The summed E-state index contributed by atoms with van der Waals surface area (Å²) < 4.78 is 11.2. The van der Waals surface area contributed by atoms with Gasteiger partial charge in [-0.25, -0.2) is 0 Å². The molecule has 0 aliphatic carbocycles. The van der Waals surface area contributed by atoms with Crippen molar-refractivity contribution < 1.29 is 19.1 Å². The van der Waals surface area contributed by atoms with Crippen molar-refractivity contribution in [3.63, 3.8) is 0 Å². The summed E-state index contributed by atoms with van der Waals surface area (Å²) in [6.07, 6.45) is 1.16. The molecule has 1 aromatic heterocycles. The molecule has 146 valence electrons. The zero-order chi connectivity index (χ0) is 19.3. The molecule has 0 saturated carbocycles. The third kappa shape index (κ3) is 2.85. The first-order valence-corrected chi connectivity index (χ1v) is 10.6. The zero-order valence-electron chi connectivity index (χ0n) is 15.7.